The minimum absolute atomic E-state index is 0.182. The van der Waals surface area contributed by atoms with E-state index in [9.17, 15) is 4.79 Å². The van der Waals surface area contributed by atoms with Gasteiger partial charge in [0.2, 0.25) is 0 Å². The molecule has 1 aliphatic rings. The Bertz CT molecular complexity index is 1670. The number of benzene rings is 3. The molecule has 0 radical (unpaired) electrons. The third kappa shape index (κ3) is 4.36. The minimum Gasteiger partial charge on any atom is -0.497 e. The van der Waals surface area contributed by atoms with Crippen LogP contribution in [0.3, 0.4) is 0 Å². The molecule has 0 spiro atoms. The number of hydrogen-bond donors (Lipinski definition) is 1. The van der Waals surface area contributed by atoms with Crippen molar-refractivity contribution in [3.8, 4) is 17.3 Å². The first-order valence-corrected chi connectivity index (χ1v) is 13.0. The Morgan fingerprint density at radius 3 is 2.51 bits per heavy atom. The number of anilines is 1. The van der Waals surface area contributed by atoms with Crippen LogP contribution in [-0.2, 0) is 6.54 Å². The van der Waals surface area contributed by atoms with E-state index in [1.54, 1.807) is 7.11 Å². The van der Waals surface area contributed by atoms with Crippen LogP contribution < -0.4 is 10.1 Å². The Labute approximate surface area is 228 Å². The molecule has 39 heavy (non-hydrogen) atoms. The second-order valence-corrected chi connectivity index (χ2v) is 9.97. The Kier molecular flexibility index (Phi) is 6.19. The van der Waals surface area contributed by atoms with Gasteiger partial charge in [-0.1, -0.05) is 36.4 Å². The Hall–Kier alpha value is -4.78. The second kappa shape index (κ2) is 9.83. The minimum atomic E-state index is -0.363. The number of para-hydroxylation sites is 1. The number of rotatable bonds is 4. The van der Waals surface area contributed by atoms with Gasteiger partial charge in [-0.15, -0.1) is 0 Å². The van der Waals surface area contributed by atoms with Gasteiger partial charge in [-0.05, 0) is 86.0 Å². The molecule has 0 unspecified atom stereocenters. The van der Waals surface area contributed by atoms with E-state index in [-0.39, 0.29) is 12.1 Å². The number of carbonyl (C=O) groups is 1. The van der Waals surface area contributed by atoms with E-state index in [0.29, 0.717) is 6.54 Å². The first-order chi connectivity index (χ1) is 18.9. The maximum Gasteiger partial charge on any atom is 0.322 e. The number of urea groups is 1. The summed E-state index contributed by atoms with van der Waals surface area (Å²) in [5, 5.41) is 8.09. The maximum absolute atomic E-state index is 14.1. The normalized spacial score (nSPS) is 14.4. The zero-order valence-corrected chi connectivity index (χ0v) is 22.6. The number of nitrogens with zero attached hydrogens (tertiary/aromatic N) is 4. The van der Waals surface area contributed by atoms with Gasteiger partial charge in [0.15, 0.2) is 0 Å². The van der Waals surface area contributed by atoms with Gasteiger partial charge in [-0.3, -0.25) is 0 Å². The summed E-state index contributed by atoms with van der Waals surface area (Å²) in [5.74, 6) is 1.68. The summed E-state index contributed by atoms with van der Waals surface area (Å²) in [5.41, 5.74) is 7.85. The van der Waals surface area contributed by atoms with Gasteiger partial charge in [0.05, 0.1) is 36.8 Å². The summed E-state index contributed by atoms with van der Waals surface area (Å²) in [6, 6.07) is 27.6. The van der Waals surface area contributed by atoms with Crippen LogP contribution in [0.5, 0.6) is 5.75 Å². The number of aromatic nitrogens is 3. The van der Waals surface area contributed by atoms with Crippen LogP contribution in [0.25, 0.3) is 11.5 Å². The molecule has 2 amide bonds. The molecule has 0 aliphatic carbocycles. The smallest absolute Gasteiger partial charge is 0.322 e. The van der Waals surface area contributed by atoms with Gasteiger partial charge >= 0.3 is 6.03 Å². The van der Waals surface area contributed by atoms with Gasteiger partial charge in [-0.2, -0.15) is 5.10 Å². The molecule has 6 rings (SSSR count). The van der Waals surface area contributed by atoms with Gasteiger partial charge in [0.1, 0.15) is 11.6 Å². The lowest BCUT2D eigenvalue weighted by atomic mass is 10.0. The zero-order valence-electron chi connectivity index (χ0n) is 22.6. The van der Waals surface area contributed by atoms with Crippen LogP contribution in [0.1, 0.15) is 39.7 Å². The molecule has 3 aromatic carbocycles. The standard InChI is InChI=1S/C32H31N5O2/c1-21-15-16-25(18-22(21)2)33-32(38)36-20-28-23(3)34-37(26-11-6-5-7-12-26)31(28)35-17-9-14-29(35)30(36)24-10-8-13-27(19-24)39-4/h5-19,30H,20H2,1-4H3,(H,33,38)/t30-/m0/s1. The predicted octanol–water partition coefficient (Wildman–Crippen LogP) is 6.73. The molecule has 5 aromatic rings. The number of carbonyl (C=O) groups excluding carboxylic acids is 1. The fraction of sp³-hybridized carbons (Fsp3) is 0.188. The number of aryl methyl sites for hydroxylation is 3. The van der Waals surface area contributed by atoms with E-state index in [1.807, 2.05) is 102 Å². The Balaban J connectivity index is 1.53. The van der Waals surface area contributed by atoms with Crippen LogP contribution in [0.2, 0.25) is 0 Å². The molecule has 7 heteroatoms. The number of ether oxygens (including phenoxy) is 1. The van der Waals surface area contributed by atoms with Crippen molar-refractivity contribution in [3.63, 3.8) is 0 Å². The van der Waals surface area contributed by atoms with Gasteiger partial charge in [-0.25, -0.2) is 9.48 Å². The van der Waals surface area contributed by atoms with Crippen molar-refractivity contribution in [2.24, 2.45) is 0 Å². The van der Waals surface area contributed by atoms with E-state index >= 15 is 0 Å². The molecule has 0 fully saturated rings. The van der Waals surface area contributed by atoms with E-state index in [1.165, 1.54) is 5.56 Å². The lowest BCUT2D eigenvalue weighted by Gasteiger charge is -2.31. The number of nitrogens with one attached hydrogen (secondary N) is 1. The zero-order chi connectivity index (χ0) is 27.1. The maximum atomic E-state index is 14.1. The topological polar surface area (TPSA) is 64.3 Å². The summed E-state index contributed by atoms with van der Waals surface area (Å²) in [7, 11) is 1.66. The average Bonchev–Trinajstić information content (AvgIpc) is 3.51. The van der Waals surface area contributed by atoms with Crippen molar-refractivity contribution in [2.75, 3.05) is 12.4 Å². The van der Waals surface area contributed by atoms with Crippen LogP contribution in [-0.4, -0.2) is 32.4 Å². The van der Waals surface area contributed by atoms with Crippen molar-refractivity contribution in [3.05, 3.63) is 125 Å². The lowest BCUT2D eigenvalue weighted by Crippen LogP contribution is -2.38. The molecule has 0 bridgehead atoms. The molecule has 0 saturated carbocycles. The average molecular weight is 518 g/mol. The fourth-order valence-electron chi connectivity index (χ4n) is 5.33. The first kappa shape index (κ1) is 24.6. The summed E-state index contributed by atoms with van der Waals surface area (Å²) >= 11 is 0. The summed E-state index contributed by atoms with van der Waals surface area (Å²) in [6.45, 7) is 6.51. The van der Waals surface area contributed by atoms with Crippen molar-refractivity contribution in [1.29, 1.82) is 0 Å². The monoisotopic (exact) mass is 517 g/mol. The SMILES string of the molecule is COc1cccc([C@H]2c3cccn3-c3c(c(C)nn3-c3ccccc3)CN2C(=O)Nc2ccc(C)c(C)c2)c1. The van der Waals surface area contributed by atoms with Crippen LogP contribution in [0.15, 0.2) is 91.1 Å². The molecule has 1 N–H and O–H groups in total. The van der Waals surface area contributed by atoms with Gasteiger partial charge < -0.3 is 19.5 Å². The molecule has 196 valence electrons. The highest BCUT2D eigenvalue weighted by Crippen LogP contribution is 2.39. The Morgan fingerprint density at radius 2 is 1.74 bits per heavy atom. The molecule has 0 saturated heterocycles. The predicted molar refractivity (Wildman–Crippen MR) is 153 cm³/mol. The van der Waals surface area contributed by atoms with Crippen LogP contribution in [0.4, 0.5) is 10.5 Å². The molecular formula is C32H31N5O2. The van der Waals surface area contributed by atoms with Crippen LogP contribution in [0, 0.1) is 20.8 Å². The third-order valence-electron chi connectivity index (χ3n) is 7.52. The van der Waals surface area contributed by atoms with E-state index < -0.39 is 0 Å². The number of fused-ring (bicyclic) bond motifs is 3. The van der Waals surface area contributed by atoms with Crippen LogP contribution >= 0.6 is 0 Å². The second-order valence-electron chi connectivity index (χ2n) is 9.97. The number of hydrogen-bond acceptors (Lipinski definition) is 3. The number of methoxy groups -OCH3 is 1. The summed E-state index contributed by atoms with van der Waals surface area (Å²) in [4.78, 5) is 16.0. The molecule has 1 aliphatic heterocycles. The molecule has 1 atom stereocenters. The van der Waals surface area contributed by atoms with Crippen molar-refractivity contribution < 1.29 is 9.53 Å². The summed E-state index contributed by atoms with van der Waals surface area (Å²) in [6.07, 6.45) is 2.05. The third-order valence-corrected chi connectivity index (χ3v) is 7.52. The number of amides is 2. The Morgan fingerprint density at radius 1 is 0.923 bits per heavy atom. The van der Waals surface area contributed by atoms with E-state index in [4.69, 9.17) is 9.84 Å². The van der Waals surface area contributed by atoms with Crippen molar-refractivity contribution in [2.45, 2.75) is 33.4 Å². The first-order valence-electron chi connectivity index (χ1n) is 13.0. The molecular weight excluding hydrogens is 486 g/mol. The van der Waals surface area contributed by atoms with Crippen molar-refractivity contribution in [1.82, 2.24) is 19.2 Å². The van der Waals surface area contributed by atoms with E-state index in [0.717, 1.165) is 51.0 Å². The highest BCUT2D eigenvalue weighted by atomic mass is 16.5. The van der Waals surface area contributed by atoms with Gasteiger partial charge in [0.25, 0.3) is 0 Å². The highest BCUT2D eigenvalue weighted by molar-refractivity contribution is 5.90. The lowest BCUT2D eigenvalue weighted by molar-refractivity contribution is 0.194. The van der Waals surface area contributed by atoms with Crippen molar-refractivity contribution >= 4 is 11.7 Å². The fourth-order valence-corrected chi connectivity index (χ4v) is 5.33. The summed E-state index contributed by atoms with van der Waals surface area (Å²) < 4.78 is 9.70. The van der Waals surface area contributed by atoms with E-state index in [2.05, 4.69) is 29.8 Å². The van der Waals surface area contributed by atoms with Gasteiger partial charge in [0, 0.05) is 17.4 Å². The quantitative estimate of drug-likeness (QED) is 0.287. The largest absolute Gasteiger partial charge is 0.497 e. The molecule has 3 heterocycles. The highest BCUT2D eigenvalue weighted by Gasteiger charge is 2.36. The molecule has 7 nitrogen and oxygen atoms in total. The molecule has 2 aromatic heterocycles.